The van der Waals surface area contributed by atoms with Crippen LogP contribution < -0.4 is 11.1 Å². The summed E-state index contributed by atoms with van der Waals surface area (Å²) in [6.07, 6.45) is 3.74. The Kier molecular flexibility index (Phi) is 4.65. The SMILES string of the molecule is NC1CCCC(C(=O)Nc2ccc(Br)c(Cl)c2)C1. The lowest BCUT2D eigenvalue weighted by molar-refractivity contribution is -0.120. The first kappa shape index (κ1) is 13.8. The van der Waals surface area contributed by atoms with Crippen LogP contribution in [0, 0.1) is 5.92 Å². The van der Waals surface area contributed by atoms with Crippen LogP contribution in [0.15, 0.2) is 22.7 Å². The highest BCUT2D eigenvalue weighted by Crippen LogP contribution is 2.27. The molecule has 3 nitrogen and oxygen atoms in total. The Morgan fingerprint density at radius 1 is 1.44 bits per heavy atom. The van der Waals surface area contributed by atoms with Gasteiger partial charge in [-0.1, -0.05) is 18.0 Å². The number of nitrogens with two attached hydrogens (primary N) is 1. The normalized spacial score (nSPS) is 23.7. The topological polar surface area (TPSA) is 55.1 Å². The third-order valence-electron chi connectivity index (χ3n) is 3.27. The van der Waals surface area contributed by atoms with Crippen LogP contribution in [0.2, 0.25) is 5.02 Å². The minimum absolute atomic E-state index is 0.0242. The van der Waals surface area contributed by atoms with E-state index < -0.39 is 0 Å². The number of hydrogen-bond acceptors (Lipinski definition) is 2. The summed E-state index contributed by atoms with van der Waals surface area (Å²) in [4.78, 5) is 12.1. The van der Waals surface area contributed by atoms with Crippen molar-refractivity contribution in [2.45, 2.75) is 31.7 Å². The molecule has 0 radical (unpaired) electrons. The summed E-state index contributed by atoms with van der Waals surface area (Å²) in [6.45, 7) is 0. The Labute approximate surface area is 120 Å². The Morgan fingerprint density at radius 3 is 2.89 bits per heavy atom. The Bertz CT molecular complexity index is 453. The molecule has 1 aromatic carbocycles. The molecule has 2 rings (SSSR count). The summed E-state index contributed by atoms with van der Waals surface area (Å²) in [6, 6.07) is 5.55. The molecule has 0 aliphatic heterocycles. The lowest BCUT2D eigenvalue weighted by Gasteiger charge is -2.25. The molecule has 0 bridgehead atoms. The zero-order valence-corrected chi connectivity index (χ0v) is 12.3. The molecule has 2 unspecified atom stereocenters. The van der Waals surface area contributed by atoms with E-state index in [4.69, 9.17) is 17.3 Å². The van der Waals surface area contributed by atoms with Crippen molar-refractivity contribution < 1.29 is 4.79 Å². The zero-order chi connectivity index (χ0) is 13.1. The lowest BCUT2D eigenvalue weighted by Crippen LogP contribution is -2.34. The van der Waals surface area contributed by atoms with Gasteiger partial charge in [0.25, 0.3) is 0 Å². The second kappa shape index (κ2) is 6.04. The van der Waals surface area contributed by atoms with E-state index in [-0.39, 0.29) is 17.9 Å². The molecule has 1 saturated carbocycles. The molecular formula is C13H16BrClN2O. The van der Waals surface area contributed by atoms with E-state index >= 15 is 0 Å². The van der Waals surface area contributed by atoms with Crippen molar-refractivity contribution in [3.63, 3.8) is 0 Å². The van der Waals surface area contributed by atoms with E-state index in [0.717, 1.165) is 35.8 Å². The van der Waals surface area contributed by atoms with E-state index in [9.17, 15) is 4.79 Å². The smallest absolute Gasteiger partial charge is 0.227 e. The molecular weight excluding hydrogens is 316 g/mol. The molecule has 0 spiro atoms. The van der Waals surface area contributed by atoms with Gasteiger partial charge in [-0.3, -0.25) is 4.79 Å². The summed E-state index contributed by atoms with van der Waals surface area (Å²) < 4.78 is 0.821. The predicted octanol–water partition coefficient (Wildman–Crippen LogP) is 3.56. The summed E-state index contributed by atoms with van der Waals surface area (Å²) in [5.41, 5.74) is 6.62. The fourth-order valence-electron chi connectivity index (χ4n) is 2.28. The second-order valence-electron chi connectivity index (χ2n) is 4.74. The molecule has 1 aromatic rings. The first-order valence-corrected chi connectivity index (χ1v) is 7.25. The number of rotatable bonds is 2. The van der Waals surface area contributed by atoms with Crippen LogP contribution in [0.5, 0.6) is 0 Å². The largest absolute Gasteiger partial charge is 0.328 e. The van der Waals surface area contributed by atoms with Crippen molar-refractivity contribution in [2.24, 2.45) is 11.7 Å². The van der Waals surface area contributed by atoms with Crippen LogP contribution in [0.4, 0.5) is 5.69 Å². The molecule has 1 aliphatic rings. The van der Waals surface area contributed by atoms with Gasteiger partial charge >= 0.3 is 0 Å². The Morgan fingerprint density at radius 2 is 2.22 bits per heavy atom. The summed E-state index contributed by atoms with van der Waals surface area (Å²) in [7, 11) is 0. The summed E-state index contributed by atoms with van der Waals surface area (Å²) in [5.74, 6) is 0.0692. The first-order valence-electron chi connectivity index (χ1n) is 6.08. The lowest BCUT2D eigenvalue weighted by atomic mass is 9.85. The molecule has 3 N–H and O–H groups in total. The van der Waals surface area contributed by atoms with Gasteiger partial charge in [-0.15, -0.1) is 0 Å². The monoisotopic (exact) mass is 330 g/mol. The third-order valence-corrected chi connectivity index (χ3v) is 4.51. The van der Waals surface area contributed by atoms with E-state index in [1.165, 1.54) is 0 Å². The number of hydrogen-bond donors (Lipinski definition) is 2. The highest BCUT2D eigenvalue weighted by Gasteiger charge is 2.25. The van der Waals surface area contributed by atoms with Gasteiger partial charge in [-0.05, 0) is 53.4 Å². The molecule has 0 heterocycles. The van der Waals surface area contributed by atoms with Crippen molar-refractivity contribution in [2.75, 3.05) is 5.32 Å². The molecule has 0 saturated heterocycles. The van der Waals surface area contributed by atoms with Crippen LogP contribution in [-0.2, 0) is 4.79 Å². The minimum Gasteiger partial charge on any atom is -0.328 e. The van der Waals surface area contributed by atoms with Gasteiger partial charge < -0.3 is 11.1 Å². The number of nitrogens with one attached hydrogen (secondary N) is 1. The van der Waals surface area contributed by atoms with Gasteiger partial charge in [0.15, 0.2) is 0 Å². The fourth-order valence-corrected chi connectivity index (χ4v) is 2.71. The van der Waals surface area contributed by atoms with Crippen LogP contribution in [-0.4, -0.2) is 11.9 Å². The second-order valence-corrected chi connectivity index (χ2v) is 6.00. The number of carbonyl (C=O) groups excluding carboxylic acids is 1. The number of halogens is 2. The number of benzene rings is 1. The molecule has 1 fully saturated rings. The highest BCUT2D eigenvalue weighted by atomic mass is 79.9. The van der Waals surface area contributed by atoms with E-state index in [2.05, 4.69) is 21.2 Å². The van der Waals surface area contributed by atoms with Gasteiger partial charge in [0.1, 0.15) is 0 Å². The van der Waals surface area contributed by atoms with Gasteiger partial charge in [-0.25, -0.2) is 0 Å². The van der Waals surface area contributed by atoms with Crippen LogP contribution >= 0.6 is 27.5 Å². The highest BCUT2D eigenvalue weighted by molar-refractivity contribution is 9.10. The van der Waals surface area contributed by atoms with Crippen molar-refractivity contribution in [3.8, 4) is 0 Å². The third kappa shape index (κ3) is 3.46. The average Bonchev–Trinajstić information content (AvgIpc) is 2.34. The molecule has 1 aliphatic carbocycles. The average molecular weight is 332 g/mol. The fraction of sp³-hybridized carbons (Fsp3) is 0.462. The molecule has 18 heavy (non-hydrogen) atoms. The van der Waals surface area contributed by atoms with Gasteiger partial charge in [0.2, 0.25) is 5.91 Å². The summed E-state index contributed by atoms with van der Waals surface area (Å²) in [5, 5.41) is 3.49. The van der Waals surface area contributed by atoms with Crippen molar-refractivity contribution >= 4 is 39.1 Å². The number of anilines is 1. The first-order chi connectivity index (χ1) is 8.56. The predicted molar refractivity (Wildman–Crippen MR) is 77.7 cm³/mol. The van der Waals surface area contributed by atoms with Crippen LogP contribution in [0.25, 0.3) is 0 Å². The van der Waals surface area contributed by atoms with E-state index in [1.807, 2.05) is 12.1 Å². The molecule has 2 atom stereocenters. The molecule has 0 aromatic heterocycles. The van der Waals surface area contributed by atoms with Crippen molar-refractivity contribution in [1.29, 1.82) is 0 Å². The number of carbonyl (C=O) groups is 1. The van der Waals surface area contributed by atoms with E-state index in [0.29, 0.717) is 5.02 Å². The molecule has 5 heteroatoms. The Hall–Kier alpha value is -0.580. The quantitative estimate of drug-likeness (QED) is 0.870. The van der Waals surface area contributed by atoms with Crippen molar-refractivity contribution in [1.82, 2.24) is 0 Å². The standard InChI is InChI=1S/C13H16BrClN2O/c14-11-5-4-10(7-12(11)15)17-13(18)8-2-1-3-9(16)6-8/h4-5,7-9H,1-3,6,16H2,(H,17,18). The maximum Gasteiger partial charge on any atom is 0.227 e. The zero-order valence-electron chi connectivity index (χ0n) is 9.96. The van der Waals surface area contributed by atoms with Gasteiger partial charge in [-0.2, -0.15) is 0 Å². The Balaban J connectivity index is 2.00. The van der Waals surface area contributed by atoms with Gasteiger partial charge in [0, 0.05) is 22.1 Å². The van der Waals surface area contributed by atoms with Crippen LogP contribution in [0.3, 0.4) is 0 Å². The van der Waals surface area contributed by atoms with E-state index in [1.54, 1.807) is 6.07 Å². The molecule has 98 valence electrons. The number of amides is 1. The maximum atomic E-state index is 12.1. The van der Waals surface area contributed by atoms with Gasteiger partial charge in [0.05, 0.1) is 5.02 Å². The minimum atomic E-state index is 0.0242. The maximum absolute atomic E-state index is 12.1. The van der Waals surface area contributed by atoms with Crippen molar-refractivity contribution in [3.05, 3.63) is 27.7 Å². The summed E-state index contributed by atoms with van der Waals surface area (Å²) >= 11 is 9.31. The molecule has 1 amide bonds. The van der Waals surface area contributed by atoms with Crippen LogP contribution in [0.1, 0.15) is 25.7 Å².